The summed E-state index contributed by atoms with van der Waals surface area (Å²) in [6.07, 6.45) is 6.94. The highest BCUT2D eigenvalue weighted by molar-refractivity contribution is 6.34. The molecule has 4 aromatic carbocycles. The number of benzene rings is 4. The van der Waals surface area contributed by atoms with E-state index in [1.165, 1.54) is 35.8 Å². The van der Waals surface area contributed by atoms with Gasteiger partial charge in [0.1, 0.15) is 11.6 Å². The van der Waals surface area contributed by atoms with Crippen molar-refractivity contribution in [1.82, 2.24) is 30.2 Å². The Labute approximate surface area is 427 Å². The summed E-state index contributed by atoms with van der Waals surface area (Å²) in [5, 5.41) is 11.2. The van der Waals surface area contributed by atoms with Gasteiger partial charge in [0.25, 0.3) is 0 Å². The number of carbonyl (C=O) groups excluding carboxylic acids is 5. The first-order valence-electron chi connectivity index (χ1n) is 25.5. The highest BCUT2D eigenvalue weighted by Crippen LogP contribution is 2.56. The number of piperidine rings is 2. The van der Waals surface area contributed by atoms with Gasteiger partial charge in [0, 0.05) is 105 Å². The Balaban J connectivity index is 0.718. The van der Waals surface area contributed by atoms with Gasteiger partial charge >= 0.3 is 6.03 Å². The van der Waals surface area contributed by atoms with E-state index in [4.69, 9.17) is 26.8 Å². The molecule has 10 rings (SSSR count). The second kappa shape index (κ2) is 20.4. The summed E-state index contributed by atoms with van der Waals surface area (Å²) in [5.41, 5.74) is 7.56. The fraction of sp³-hybridized carbons (Fsp3) is 0.455. The Morgan fingerprint density at radius 1 is 0.904 bits per heavy atom. The van der Waals surface area contributed by atoms with Crippen molar-refractivity contribution >= 4 is 58.0 Å². The molecule has 1 aromatic heterocycles. The summed E-state index contributed by atoms with van der Waals surface area (Å²) in [5.74, 6) is -2.13. The van der Waals surface area contributed by atoms with Crippen LogP contribution < -0.4 is 30.7 Å². The Hall–Kier alpha value is -6.59. The SMILES string of the molecule is COc1ccc(C(N)=O)c(-c2c(Cl)c(F)cc3c2[C@H](C)[C@@](CNC2CCC(C(=O)N4CCC(CC(=O)N5CCC(c6ccc7c(N8CCC(=O)NC8=O)nn(C)c7c6)CC5)CC4)CC2)(c2ccccc2)O3)c1F. The zero-order valence-corrected chi connectivity index (χ0v) is 42.1. The van der Waals surface area contributed by atoms with Crippen molar-refractivity contribution in [2.24, 2.45) is 24.6 Å². The topological polar surface area (TPSA) is 181 Å². The molecule has 73 heavy (non-hydrogen) atoms. The number of aromatic nitrogens is 2. The van der Waals surface area contributed by atoms with E-state index in [1.807, 2.05) is 60.2 Å². The zero-order valence-electron chi connectivity index (χ0n) is 41.4. The third-order valence-electron chi connectivity index (χ3n) is 16.4. The Morgan fingerprint density at radius 3 is 2.30 bits per heavy atom. The standard InChI is InChI=1S/C55H61ClF2N8O7/c1-31-46-43(29-40(57)49(56)48(46)47-39(51(59)69)15-16-42(72-3)50(47)58)73-55(31,36-7-5-4-6-8-36)30-60-37-12-9-34(10-13-37)53(70)65-22-17-32(18-23-65)27-45(68)64-24-19-33(20-25-64)35-11-14-38-41(28-35)63(2)62-52(38)66-26-21-44(67)61-54(66)71/h4-8,11,14-16,28-29,31-34,37,60H,9-10,12-13,17-27,30H2,1-3H3,(H2,59,69)(H,61,67,71)/t31-,34?,37?,55-/m0/s1. The van der Waals surface area contributed by atoms with Gasteiger partial charge in [-0.1, -0.05) is 54.9 Å². The van der Waals surface area contributed by atoms with Gasteiger partial charge in [-0.3, -0.25) is 34.1 Å². The maximum absolute atomic E-state index is 16.2. The van der Waals surface area contributed by atoms with Crippen LogP contribution in [0.5, 0.6) is 11.5 Å². The number of urea groups is 1. The number of ether oxygens (including phenoxy) is 2. The lowest BCUT2D eigenvalue weighted by Gasteiger charge is -2.39. The van der Waals surface area contributed by atoms with Crippen molar-refractivity contribution in [3.05, 3.63) is 106 Å². The van der Waals surface area contributed by atoms with Gasteiger partial charge < -0.3 is 30.3 Å². The van der Waals surface area contributed by atoms with Gasteiger partial charge in [0.15, 0.2) is 23.0 Å². The molecule has 5 aliphatic rings. The van der Waals surface area contributed by atoms with Crippen LogP contribution >= 0.6 is 11.6 Å². The number of nitrogens with zero attached hydrogens (tertiary/aromatic N) is 5. The maximum atomic E-state index is 16.2. The minimum absolute atomic E-state index is 0.0138. The predicted molar refractivity (Wildman–Crippen MR) is 271 cm³/mol. The molecule has 3 saturated heterocycles. The van der Waals surface area contributed by atoms with Crippen molar-refractivity contribution in [3.63, 3.8) is 0 Å². The summed E-state index contributed by atoms with van der Waals surface area (Å²) in [6, 6.07) is 19.2. The molecular formula is C55H61ClF2N8O7. The monoisotopic (exact) mass is 1020 g/mol. The molecule has 5 aromatic rings. The van der Waals surface area contributed by atoms with Crippen LogP contribution in [0.1, 0.15) is 110 Å². The van der Waals surface area contributed by atoms with E-state index in [9.17, 15) is 24.0 Å². The molecule has 0 spiro atoms. The number of nitrogens with two attached hydrogens (primary N) is 1. The number of halogens is 3. The number of nitrogens with one attached hydrogen (secondary N) is 2. The van der Waals surface area contributed by atoms with Gasteiger partial charge in [-0.05, 0) is 98.6 Å². The van der Waals surface area contributed by atoms with Gasteiger partial charge in [0.2, 0.25) is 23.6 Å². The fourth-order valence-corrected chi connectivity index (χ4v) is 12.4. The average Bonchev–Trinajstić information content (AvgIpc) is 3.88. The van der Waals surface area contributed by atoms with Gasteiger partial charge in [-0.2, -0.15) is 5.10 Å². The smallest absolute Gasteiger partial charge is 0.329 e. The lowest BCUT2D eigenvalue weighted by Crippen LogP contribution is -2.49. The number of methoxy groups -OCH3 is 1. The van der Waals surface area contributed by atoms with Gasteiger partial charge in [-0.25, -0.2) is 13.6 Å². The van der Waals surface area contributed by atoms with E-state index in [-0.39, 0.29) is 87.7 Å². The second-order valence-corrected chi connectivity index (χ2v) is 20.8. The van der Waals surface area contributed by atoms with Gasteiger partial charge in [-0.15, -0.1) is 0 Å². The Bertz CT molecular complexity index is 2980. The minimum Gasteiger partial charge on any atom is -0.494 e. The first kappa shape index (κ1) is 50.0. The first-order chi connectivity index (χ1) is 35.1. The number of imide groups is 1. The molecule has 6 amide bonds. The average molecular weight is 1020 g/mol. The molecule has 0 radical (unpaired) electrons. The van der Waals surface area contributed by atoms with Crippen molar-refractivity contribution in [2.45, 2.75) is 94.6 Å². The summed E-state index contributed by atoms with van der Waals surface area (Å²) in [7, 11) is 3.15. The number of hydrogen-bond acceptors (Lipinski definition) is 9. The lowest BCUT2D eigenvalue weighted by atomic mass is 9.77. The van der Waals surface area contributed by atoms with Crippen LogP contribution in [-0.2, 0) is 27.0 Å². The van der Waals surface area contributed by atoms with Crippen LogP contribution in [-0.4, -0.2) is 102 Å². The van der Waals surface area contributed by atoms with E-state index in [0.717, 1.165) is 55.0 Å². The zero-order chi connectivity index (χ0) is 51.3. The summed E-state index contributed by atoms with van der Waals surface area (Å²) in [6.45, 7) is 5.15. The molecular weight excluding hydrogens is 958 g/mol. The molecule has 1 aliphatic carbocycles. The summed E-state index contributed by atoms with van der Waals surface area (Å²) in [4.78, 5) is 70.0. The number of amides is 6. The highest BCUT2D eigenvalue weighted by Gasteiger charge is 2.50. The van der Waals surface area contributed by atoms with Crippen molar-refractivity contribution in [1.29, 1.82) is 0 Å². The quantitative estimate of drug-likeness (QED) is 0.111. The molecule has 4 N–H and O–H groups in total. The van der Waals surface area contributed by atoms with Crippen LogP contribution in [0.2, 0.25) is 5.02 Å². The number of anilines is 1. The van der Waals surface area contributed by atoms with Crippen molar-refractivity contribution < 1.29 is 42.2 Å². The molecule has 0 unspecified atom stereocenters. The minimum atomic E-state index is -1.09. The molecule has 1 saturated carbocycles. The summed E-state index contributed by atoms with van der Waals surface area (Å²) >= 11 is 6.70. The van der Waals surface area contributed by atoms with E-state index in [0.29, 0.717) is 63.4 Å². The molecule has 4 fully saturated rings. The number of hydrogen-bond donors (Lipinski definition) is 3. The summed E-state index contributed by atoms with van der Waals surface area (Å²) < 4.78 is 45.9. The Kier molecular flexibility index (Phi) is 13.9. The van der Waals surface area contributed by atoms with E-state index in [1.54, 1.807) is 4.68 Å². The maximum Gasteiger partial charge on any atom is 0.329 e. The van der Waals surface area contributed by atoms with E-state index < -0.39 is 35.1 Å². The first-order valence-corrected chi connectivity index (χ1v) is 25.8. The molecule has 4 aliphatic heterocycles. The lowest BCUT2D eigenvalue weighted by molar-refractivity contribution is -0.138. The molecule has 15 nitrogen and oxygen atoms in total. The molecule has 5 heterocycles. The molecule has 18 heteroatoms. The second-order valence-electron chi connectivity index (χ2n) is 20.4. The van der Waals surface area contributed by atoms with E-state index >= 15 is 8.78 Å². The van der Waals surface area contributed by atoms with E-state index in [2.05, 4.69) is 27.9 Å². The highest BCUT2D eigenvalue weighted by atomic mass is 35.5. The molecule has 2 atom stereocenters. The van der Waals surface area contributed by atoms with Gasteiger partial charge in [0.05, 0.1) is 23.2 Å². The van der Waals surface area contributed by atoms with Crippen LogP contribution in [0.25, 0.3) is 22.0 Å². The third-order valence-corrected chi connectivity index (χ3v) is 16.7. The van der Waals surface area contributed by atoms with Crippen LogP contribution in [0.4, 0.5) is 19.4 Å². The predicted octanol–water partition coefficient (Wildman–Crippen LogP) is 8.30. The van der Waals surface area contributed by atoms with Crippen LogP contribution in [0.3, 0.4) is 0 Å². The molecule has 0 bridgehead atoms. The Morgan fingerprint density at radius 2 is 1.62 bits per heavy atom. The number of aryl methyl sites for hydroxylation is 1. The number of carbonyl (C=O) groups is 5. The normalized spacial score (nSPS) is 22.8. The molecule has 384 valence electrons. The number of rotatable bonds is 12. The van der Waals surface area contributed by atoms with Crippen LogP contribution in [0.15, 0.2) is 66.7 Å². The number of primary amides is 1. The van der Waals surface area contributed by atoms with Crippen LogP contribution in [0, 0.1) is 23.5 Å². The fourth-order valence-electron chi connectivity index (χ4n) is 12.1. The van der Waals surface area contributed by atoms with Crippen molar-refractivity contribution in [2.75, 3.05) is 51.3 Å². The van der Waals surface area contributed by atoms with Crippen molar-refractivity contribution in [3.8, 4) is 22.6 Å². The largest absolute Gasteiger partial charge is 0.494 e. The third kappa shape index (κ3) is 9.38. The number of likely N-dealkylation sites (tertiary alicyclic amines) is 2. The number of fused-ring (bicyclic) bond motifs is 2.